The van der Waals surface area contributed by atoms with Crippen molar-refractivity contribution in [1.29, 1.82) is 0 Å². The second-order valence-corrected chi connectivity index (χ2v) is 9.38. The number of aryl methyl sites for hydroxylation is 1. The van der Waals surface area contributed by atoms with Crippen molar-refractivity contribution < 1.29 is 9.53 Å². The van der Waals surface area contributed by atoms with Crippen LogP contribution in [0, 0.1) is 6.92 Å². The first-order valence-electron chi connectivity index (χ1n) is 10.2. The first-order chi connectivity index (χ1) is 14.6. The molecule has 31 heavy (non-hydrogen) atoms. The Balaban J connectivity index is 0.00000272. The number of benzene rings is 2. The highest BCUT2D eigenvalue weighted by Crippen LogP contribution is 2.32. The van der Waals surface area contributed by atoms with Crippen molar-refractivity contribution in [2.75, 3.05) is 50.5 Å². The number of ether oxygens (including phenoxy) is 1. The molecule has 1 aliphatic rings. The first-order valence-corrected chi connectivity index (χ1v) is 12.3. The van der Waals surface area contributed by atoms with Crippen LogP contribution in [-0.4, -0.2) is 61.4 Å². The van der Waals surface area contributed by atoms with Crippen LogP contribution >= 0.6 is 35.5 Å². The third-order valence-corrected chi connectivity index (χ3v) is 7.06. The second kappa shape index (κ2) is 11.3. The molecule has 0 radical (unpaired) electrons. The van der Waals surface area contributed by atoms with Crippen LogP contribution in [-0.2, 0) is 16.0 Å². The smallest absolute Gasteiger partial charge is 0.233 e. The number of aromatic nitrogens is 1. The largest absolute Gasteiger partial charge is 0.379 e. The number of carbonyl (C=O) groups is 1. The number of fused-ring (bicyclic) bond motifs is 1. The van der Waals surface area contributed by atoms with Gasteiger partial charge in [0.1, 0.15) is 0 Å². The van der Waals surface area contributed by atoms with Crippen LogP contribution in [0.15, 0.2) is 47.4 Å². The molecule has 4 rings (SSSR count). The van der Waals surface area contributed by atoms with Crippen molar-refractivity contribution in [3.8, 4) is 0 Å². The van der Waals surface area contributed by atoms with Gasteiger partial charge >= 0.3 is 0 Å². The number of halogens is 1. The monoisotopic (exact) mass is 477 g/mol. The molecule has 2 heterocycles. The Morgan fingerprint density at radius 2 is 2.03 bits per heavy atom. The third-order valence-electron chi connectivity index (χ3n) is 5.30. The summed E-state index contributed by atoms with van der Waals surface area (Å²) in [6.07, 6.45) is 2.46. The highest BCUT2D eigenvalue weighted by Gasteiger charge is 2.22. The number of thioether (sulfide) groups is 1. The van der Waals surface area contributed by atoms with Gasteiger partial charge in [-0.2, -0.15) is 0 Å². The molecule has 5 nitrogen and oxygen atoms in total. The molecule has 1 fully saturated rings. The summed E-state index contributed by atoms with van der Waals surface area (Å²) < 4.78 is 6.58. The molecule has 0 saturated carbocycles. The minimum Gasteiger partial charge on any atom is -0.379 e. The zero-order valence-corrected chi connectivity index (χ0v) is 20.3. The minimum absolute atomic E-state index is 0. The molecular weight excluding hydrogens is 450 g/mol. The molecule has 0 bridgehead atoms. The molecule has 0 aliphatic carbocycles. The lowest BCUT2D eigenvalue weighted by Gasteiger charge is -2.29. The van der Waals surface area contributed by atoms with Crippen LogP contribution in [0.1, 0.15) is 11.1 Å². The summed E-state index contributed by atoms with van der Waals surface area (Å²) in [6, 6.07) is 14.5. The molecule has 0 N–H and O–H groups in total. The molecule has 8 heteroatoms. The zero-order chi connectivity index (χ0) is 20.9. The van der Waals surface area contributed by atoms with Gasteiger partial charge in [-0.15, -0.1) is 24.2 Å². The first kappa shape index (κ1) is 24.0. The zero-order valence-electron chi connectivity index (χ0n) is 17.9. The van der Waals surface area contributed by atoms with E-state index in [1.807, 2.05) is 23.1 Å². The second-order valence-electron chi connectivity index (χ2n) is 7.50. The van der Waals surface area contributed by atoms with Gasteiger partial charge < -0.3 is 4.74 Å². The highest BCUT2D eigenvalue weighted by molar-refractivity contribution is 7.98. The fourth-order valence-corrected chi connectivity index (χ4v) is 5.18. The highest BCUT2D eigenvalue weighted by atomic mass is 35.5. The van der Waals surface area contributed by atoms with E-state index in [4.69, 9.17) is 9.72 Å². The Labute approximate surface area is 198 Å². The number of hydrogen-bond donors (Lipinski definition) is 0. The van der Waals surface area contributed by atoms with E-state index in [0.717, 1.165) is 53.8 Å². The maximum absolute atomic E-state index is 13.3. The van der Waals surface area contributed by atoms with Crippen molar-refractivity contribution in [1.82, 2.24) is 9.88 Å². The molecular formula is C23H28ClN3O2S2. The Hall–Kier alpha value is -1.64. The molecule has 0 spiro atoms. The fraction of sp³-hybridized carbons (Fsp3) is 0.391. The van der Waals surface area contributed by atoms with E-state index in [-0.39, 0.29) is 18.3 Å². The fourth-order valence-electron chi connectivity index (χ4n) is 3.62. The Bertz CT molecular complexity index is 1020. The van der Waals surface area contributed by atoms with Crippen LogP contribution in [0.3, 0.4) is 0 Å². The van der Waals surface area contributed by atoms with Gasteiger partial charge in [0.2, 0.25) is 5.91 Å². The lowest BCUT2D eigenvalue weighted by Crippen LogP contribution is -2.43. The lowest BCUT2D eigenvalue weighted by atomic mass is 10.1. The SMILES string of the molecule is CSc1ccc2nc(N(CCN3CCOCC3)C(=O)Cc3cccc(C)c3)sc2c1.Cl. The van der Waals surface area contributed by atoms with Gasteiger partial charge in [-0.1, -0.05) is 41.2 Å². The molecule has 1 aliphatic heterocycles. The normalized spacial score (nSPS) is 14.4. The Kier molecular flexibility index (Phi) is 8.75. The van der Waals surface area contributed by atoms with Crippen LogP contribution in [0.25, 0.3) is 10.2 Å². The summed E-state index contributed by atoms with van der Waals surface area (Å²) in [5.41, 5.74) is 3.17. The van der Waals surface area contributed by atoms with E-state index < -0.39 is 0 Å². The number of carbonyl (C=O) groups excluding carboxylic acids is 1. The maximum atomic E-state index is 13.3. The number of rotatable bonds is 7. The van der Waals surface area contributed by atoms with E-state index in [0.29, 0.717) is 13.0 Å². The van der Waals surface area contributed by atoms with Crippen molar-refractivity contribution in [3.05, 3.63) is 53.6 Å². The predicted molar refractivity (Wildman–Crippen MR) is 133 cm³/mol. The van der Waals surface area contributed by atoms with Gasteiger partial charge in [0.05, 0.1) is 29.9 Å². The van der Waals surface area contributed by atoms with Crippen molar-refractivity contribution >= 4 is 56.8 Å². The van der Waals surface area contributed by atoms with E-state index in [1.165, 1.54) is 10.5 Å². The number of anilines is 1. The molecule has 1 saturated heterocycles. The summed E-state index contributed by atoms with van der Waals surface area (Å²) in [4.78, 5) is 23.6. The van der Waals surface area contributed by atoms with E-state index >= 15 is 0 Å². The van der Waals surface area contributed by atoms with Gasteiger partial charge in [-0.3, -0.25) is 14.6 Å². The topological polar surface area (TPSA) is 45.7 Å². The van der Waals surface area contributed by atoms with Crippen LogP contribution in [0.5, 0.6) is 0 Å². The number of hydrogen-bond acceptors (Lipinski definition) is 6. The molecule has 0 unspecified atom stereocenters. The number of nitrogens with zero attached hydrogens (tertiary/aromatic N) is 3. The molecule has 3 aromatic rings. The third kappa shape index (κ3) is 6.20. The van der Waals surface area contributed by atoms with E-state index in [9.17, 15) is 4.79 Å². The molecule has 0 atom stereocenters. The van der Waals surface area contributed by atoms with Gasteiger partial charge in [0.15, 0.2) is 5.13 Å². The van der Waals surface area contributed by atoms with Crippen LogP contribution in [0.4, 0.5) is 5.13 Å². The Morgan fingerprint density at radius 3 is 2.77 bits per heavy atom. The standard InChI is InChI=1S/C23H27N3O2S2.ClH/c1-17-4-3-5-18(14-17)15-22(27)26(9-8-25-10-12-28-13-11-25)23-24-20-7-6-19(29-2)16-21(20)30-23;/h3-7,14,16H,8-13,15H2,1-2H3;1H. The molecule has 1 aromatic heterocycles. The summed E-state index contributed by atoms with van der Waals surface area (Å²) in [6.45, 7) is 6.87. The number of amides is 1. The van der Waals surface area contributed by atoms with Crippen molar-refractivity contribution in [3.63, 3.8) is 0 Å². The van der Waals surface area contributed by atoms with Crippen LogP contribution < -0.4 is 4.90 Å². The number of morpholine rings is 1. The average molecular weight is 478 g/mol. The molecule has 2 aromatic carbocycles. The number of thiazole rings is 1. The summed E-state index contributed by atoms with van der Waals surface area (Å²) in [7, 11) is 0. The van der Waals surface area contributed by atoms with Gasteiger partial charge in [0, 0.05) is 31.1 Å². The van der Waals surface area contributed by atoms with Gasteiger partial charge in [0.25, 0.3) is 0 Å². The summed E-state index contributed by atoms with van der Waals surface area (Å²) in [5.74, 6) is 0.0954. The molecule has 1 amide bonds. The van der Waals surface area contributed by atoms with E-state index in [1.54, 1.807) is 23.1 Å². The molecule has 166 valence electrons. The van der Waals surface area contributed by atoms with Crippen LogP contribution in [0.2, 0.25) is 0 Å². The summed E-state index contributed by atoms with van der Waals surface area (Å²) in [5, 5.41) is 0.786. The van der Waals surface area contributed by atoms with Crippen molar-refractivity contribution in [2.24, 2.45) is 0 Å². The Morgan fingerprint density at radius 1 is 1.23 bits per heavy atom. The maximum Gasteiger partial charge on any atom is 0.233 e. The average Bonchev–Trinajstić information content (AvgIpc) is 3.17. The lowest BCUT2D eigenvalue weighted by molar-refractivity contribution is -0.118. The van der Waals surface area contributed by atoms with Crippen molar-refractivity contribution in [2.45, 2.75) is 18.2 Å². The van der Waals surface area contributed by atoms with E-state index in [2.05, 4.69) is 42.3 Å². The quantitative estimate of drug-likeness (QED) is 0.463. The minimum atomic E-state index is 0. The van der Waals surface area contributed by atoms with Gasteiger partial charge in [-0.25, -0.2) is 4.98 Å². The summed E-state index contributed by atoms with van der Waals surface area (Å²) >= 11 is 3.32. The predicted octanol–water partition coefficient (Wildman–Crippen LogP) is 4.66. The van der Waals surface area contributed by atoms with Gasteiger partial charge in [-0.05, 0) is 36.9 Å².